The lowest BCUT2D eigenvalue weighted by Crippen LogP contribution is -1.91. The number of para-hydroxylation sites is 1. The zero-order chi connectivity index (χ0) is 10.1. The van der Waals surface area contributed by atoms with Gasteiger partial charge in [-0.25, -0.2) is 8.78 Å². The summed E-state index contributed by atoms with van der Waals surface area (Å²) in [5.74, 6) is 0. The van der Waals surface area contributed by atoms with Crippen LogP contribution in [0.15, 0.2) is 24.3 Å². The fraction of sp³-hybridized carbons (Fsp3) is 0.200. The molecule has 0 fully saturated rings. The Hall–Kier alpha value is -1.42. The van der Waals surface area contributed by atoms with Crippen molar-refractivity contribution in [1.82, 2.24) is 4.98 Å². The standard InChI is InChI=1S/C10H9F2NO/c11-10(12)9-6-3-1-2-4-7(6)13-8(9)5-14/h1-4,10,13-14H,5H2. The molecule has 0 saturated heterocycles. The molecule has 4 heteroatoms. The number of aliphatic hydroxyl groups is 1. The number of rotatable bonds is 2. The van der Waals surface area contributed by atoms with Crippen LogP contribution in [0.2, 0.25) is 0 Å². The van der Waals surface area contributed by atoms with E-state index < -0.39 is 13.0 Å². The molecule has 0 saturated carbocycles. The van der Waals surface area contributed by atoms with Crippen LogP contribution in [0.3, 0.4) is 0 Å². The first-order valence-electron chi connectivity index (χ1n) is 4.22. The van der Waals surface area contributed by atoms with Crippen LogP contribution in [-0.4, -0.2) is 10.1 Å². The van der Waals surface area contributed by atoms with E-state index in [-0.39, 0.29) is 11.3 Å². The summed E-state index contributed by atoms with van der Waals surface area (Å²) in [7, 11) is 0. The number of hydrogen-bond donors (Lipinski definition) is 2. The van der Waals surface area contributed by atoms with Crippen LogP contribution in [0.4, 0.5) is 8.78 Å². The van der Waals surface area contributed by atoms with Gasteiger partial charge < -0.3 is 10.1 Å². The second kappa shape index (κ2) is 3.38. The maximum absolute atomic E-state index is 12.6. The minimum atomic E-state index is -2.56. The van der Waals surface area contributed by atoms with Crippen LogP contribution in [0.25, 0.3) is 10.9 Å². The molecule has 0 unspecified atom stereocenters. The number of benzene rings is 1. The molecule has 2 aromatic rings. The minimum Gasteiger partial charge on any atom is -0.390 e. The van der Waals surface area contributed by atoms with Crippen molar-refractivity contribution in [2.24, 2.45) is 0 Å². The largest absolute Gasteiger partial charge is 0.390 e. The molecular weight excluding hydrogens is 188 g/mol. The molecular formula is C10H9F2NO. The second-order valence-electron chi connectivity index (χ2n) is 3.02. The molecule has 0 amide bonds. The van der Waals surface area contributed by atoms with E-state index in [0.29, 0.717) is 10.9 Å². The Morgan fingerprint density at radius 3 is 2.64 bits per heavy atom. The van der Waals surface area contributed by atoms with E-state index in [1.807, 2.05) is 0 Å². The lowest BCUT2D eigenvalue weighted by molar-refractivity contribution is 0.148. The van der Waals surface area contributed by atoms with Gasteiger partial charge in [0.05, 0.1) is 12.3 Å². The number of aromatic nitrogens is 1. The van der Waals surface area contributed by atoms with Gasteiger partial charge in [0, 0.05) is 16.5 Å². The average molecular weight is 197 g/mol. The van der Waals surface area contributed by atoms with Gasteiger partial charge in [-0.05, 0) is 6.07 Å². The van der Waals surface area contributed by atoms with E-state index in [9.17, 15) is 8.78 Å². The number of hydrogen-bond acceptors (Lipinski definition) is 1. The van der Waals surface area contributed by atoms with E-state index in [2.05, 4.69) is 4.98 Å². The average Bonchev–Trinajstić information content (AvgIpc) is 2.55. The van der Waals surface area contributed by atoms with Crippen molar-refractivity contribution in [2.75, 3.05) is 0 Å². The summed E-state index contributed by atoms with van der Waals surface area (Å²) in [6.45, 7) is -0.394. The smallest absolute Gasteiger partial charge is 0.266 e. The molecule has 1 aromatic carbocycles. The molecule has 0 aliphatic rings. The summed E-state index contributed by atoms with van der Waals surface area (Å²) >= 11 is 0. The number of H-pyrrole nitrogens is 1. The van der Waals surface area contributed by atoms with Crippen molar-refractivity contribution in [2.45, 2.75) is 13.0 Å². The fourth-order valence-electron chi connectivity index (χ4n) is 1.59. The van der Waals surface area contributed by atoms with Crippen LogP contribution < -0.4 is 0 Å². The topological polar surface area (TPSA) is 36.0 Å². The first-order valence-corrected chi connectivity index (χ1v) is 4.22. The summed E-state index contributed by atoms with van der Waals surface area (Å²) in [6.07, 6.45) is -2.56. The quantitative estimate of drug-likeness (QED) is 0.762. The number of aromatic amines is 1. The van der Waals surface area contributed by atoms with Gasteiger partial charge in [0.1, 0.15) is 0 Å². The molecule has 2 N–H and O–H groups in total. The van der Waals surface area contributed by atoms with E-state index in [1.165, 1.54) is 0 Å². The lowest BCUT2D eigenvalue weighted by Gasteiger charge is -1.99. The predicted octanol–water partition coefficient (Wildman–Crippen LogP) is 2.60. The van der Waals surface area contributed by atoms with Gasteiger partial charge in [-0.2, -0.15) is 0 Å². The summed E-state index contributed by atoms with van der Waals surface area (Å²) < 4.78 is 25.3. The summed E-state index contributed by atoms with van der Waals surface area (Å²) in [4.78, 5) is 2.77. The van der Waals surface area contributed by atoms with Crippen molar-refractivity contribution in [3.05, 3.63) is 35.5 Å². The normalized spacial score (nSPS) is 11.4. The van der Waals surface area contributed by atoms with E-state index in [4.69, 9.17) is 5.11 Å². The molecule has 0 bridgehead atoms. The highest BCUT2D eigenvalue weighted by atomic mass is 19.3. The molecule has 2 nitrogen and oxygen atoms in total. The molecule has 74 valence electrons. The second-order valence-corrected chi connectivity index (χ2v) is 3.02. The lowest BCUT2D eigenvalue weighted by atomic mass is 10.1. The van der Waals surface area contributed by atoms with Crippen molar-refractivity contribution < 1.29 is 13.9 Å². The third kappa shape index (κ3) is 1.28. The molecule has 0 radical (unpaired) electrons. The van der Waals surface area contributed by atoms with E-state index in [0.717, 1.165) is 0 Å². The Balaban J connectivity index is 2.74. The summed E-state index contributed by atoms with van der Waals surface area (Å²) in [6, 6.07) is 6.78. The van der Waals surface area contributed by atoms with Crippen molar-refractivity contribution in [1.29, 1.82) is 0 Å². The first kappa shape index (κ1) is 9.15. The Morgan fingerprint density at radius 1 is 1.29 bits per heavy atom. The van der Waals surface area contributed by atoms with Gasteiger partial charge in [-0.1, -0.05) is 18.2 Å². The monoisotopic (exact) mass is 197 g/mol. The highest BCUT2D eigenvalue weighted by molar-refractivity contribution is 5.84. The van der Waals surface area contributed by atoms with Crippen LogP contribution in [0.1, 0.15) is 17.7 Å². The maximum Gasteiger partial charge on any atom is 0.266 e. The molecule has 1 aromatic heterocycles. The molecule has 2 rings (SSSR count). The van der Waals surface area contributed by atoms with E-state index >= 15 is 0 Å². The summed E-state index contributed by atoms with van der Waals surface area (Å²) in [5.41, 5.74) is 0.733. The Kier molecular flexibility index (Phi) is 2.21. The molecule has 0 aliphatic heterocycles. The van der Waals surface area contributed by atoms with E-state index in [1.54, 1.807) is 24.3 Å². The number of fused-ring (bicyclic) bond motifs is 1. The minimum absolute atomic E-state index is 0.0944. The molecule has 0 aliphatic carbocycles. The Labute approximate surface area is 79.2 Å². The third-order valence-electron chi connectivity index (χ3n) is 2.20. The van der Waals surface area contributed by atoms with Gasteiger partial charge in [0.2, 0.25) is 0 Å². The Morgan fingerprint density at radius 2 is 2.00 bits per heavy atom. The van der Waals surface area contributed by atoms with Crippen LogP contribution in [0, 0.1) is 0 Å². The zero-order valence-electron chi connectivity index (χ0n) is 7.30. The van der Waals surface area contributed by atoms with Gasteiger partial charge in [-0.15, -0.1) is 0 Å². The van der Waals surface area contributed by atoms with Crippen molar-refractivity contribution in [3.63, 3.8) is 0 Å². The van der Waals surface area contributed by atoms with Gasteiger partial charge in [0.25, 0.3) is 6.43 Å². The molecule has 14 heavy (non-hydrogen) atoms. The predicted molar refractivity (Wildman–Crippen MR) is 49.2 cm³/mol. The number of halogens is 2. The maximum atomic E-state index is 12.6. The van der Waals surface area contributed by atoms with Gasteiger partial charge >= 0.3 is 0 Å². The van der Waals surface area contributed by atoms with Crippen LogP contribution in [-0.2, 0) is 6.61 Å². The SMILES string of the molecule is OCc1[nH]c2ccccc2c1C(F)F. The fourth-order valence-corrected chi connectivity index (χ4v) is 1.59. The highest BCUT2D eigenvalue weighted by Gasteiger charge is 2.18. The molecule has 0 atom stereocenters. The third-order valence-corrected chi connectivity index (χ3v) is 2.20. The molecule has 1 heterocycles. The summed E-state index contributed by atoms with van der Waals surface area (Å²) in [5, 5.41) is 9.38. The Bertz CT molecular complexity index is 450. The first-order chi connectivity index (χ1) is 6.74. The van der Waals surface area contributed by atoms with Crippen molar-refractivity contribution in [3.8, 4) is 0 Å². The van der Waals surface area contributed by atoms with Crippen LogP contribution >= 0.6 is 0 Å². The highest BCUT2D eigenvalue weighted by Crippen LogP contribution is 2.30. The number of alkyl halides is 2. The number of nitrogens with one attached hydrogen (secondary N) is 1. The zero-order valence-corrected chi connectivity index (χ0v) is 7.30. The number of aliphatic hydroxyl groups excluding tert-OH is 1. The van der Waals surface area contributed by atoms with Crippen molar-refractivity contribution >= 4 is 10.9 Å². The van der Waals surface area contributed by atoms with Gasteiger partial charge in [0.15, 0.2) is 0 Å². The van der Waals surface area contributed by atoms with Gasteiger partial charge in [-0.3, -0.25) is 0 Å². The van der Waals surface area contributed by atoms with Crippen LogP contribution in [0.5, 0.6) is 0 Å². The molecule has 0 spiro atoms.